The summed E-state index contributed by atoms with van der Waals surface area (Å²) in [5, 5.41) is 9.99. The van der Waals surface area contributed by atoms with Crippen LogP contribution in [0.1, 0.15) is 40.5 Å². The Morgan fingerprint density at radius 1 is 1.48 bits per heavy atom. The lowest BCUT2D eigenvalue weighted by Gasteiger charge is -2.38. The molecule has 0 bridgehead atoms. The molecule has 1 fully saturated rings. The van der Waals surface area contributed by atoms with Crippen LogP contribution in [0.4, 0.5) is 4.79 Å². The van der Waals surface area contributed by atoms with Crippen molar-refractivity contribution in [2.75, 3.05) is 19.0 Å². The second kappa shape index (κ2) is 7.53. The number of likely N-dealkylation sites (tertiary alicyclic amines) is 1. The number of esters is 1. The molecule has 7 heteroatoms. The second-order valence-corrected chi connectivity index (χ2v) is 6.89. The SMILES string of the molecule is C=C1CCN(C(=O)OC(C)(C)C)C1(C[C@@H](O)CCl)C(=O)OCC. The molecule has 1 rings (SSSR count). The monoisotopic (exact) mass is 347 g/mol. The van der Waals surface area contributed by atoms with E-state index in [1.165, 1.54) is 4.90 Å². The van der Waals surface area contributed by atoms with Crippen LogP contribution in [0.2, 0.25) is 0 Å². The van der Waals surface area contributed by atoms with Crippen molar-refractivity contribution >= 4 is 23.7 Å². The highest BCUT2D eigenvalue weighted by Crippen LogP contribution is 2.39. The highest BCUT2D eigenvalue weighted by Gasteiger charge is 2.55. The van der Waals surface area contributed by atoms with Crippen molar-refractivity contribution in [2.45, 2.75) is 57.8 Å². The predicted molar refractivity (Wildman–Crippen MR) is 87.4 cm³/mol. The van der Waals surface area contributed by atoms with Crippen LogP contribution < -0.4 is 0 Å². The molecule has 0 aromatic heterocycles. The van der Waals surface area contributed by atoms with Crippen molar-refractivity contribution in [2.24, 2.45) is 0 Å². The summed E-state index contributed by atoms with van der Waals surface area (Å²) < 4.78 is 10.5. The topological polar surface area (TPSA) is 76.1 Å². The van der Waals surface area contributed by atoms with Crippen molar-refractivity contribution in [1.82, 2.24) is 4.90 Å². The van der Waals surface area contributed by atoms with Gasteiger partial charge in [-0.05, 0) is 39.7 Å². The second-order valence-electron chi connectivity index (χ2n) is 6.58. The number of nitrogens with zero attached hydrogens (tertiary/aromatic N) is 1. The van der Waals surface area contributed by atoms with Gasteiger partial charge in [0.1, 0.15) is 5.60 Å². The van der Waals surface area contributed by atoms with E-state index in [1.54, 1.807) is 27.7 Å². The first-order valence-electron chi connectivity index (χ1n) is 7.68. The maximum absolute atomic E-state index is 12.6. The minimum atomic E-state index is -1.44. The summed E-state index contributed by atoms with van der Waals surface area (Å²) in [4.78, 5) is 26.5. The molecule has 2 atom stereocenters. The Morgan fingerprint density at radius 2 is 2.09 bits per heavy atom. The Labute approximate surface area is 142 Å². The molecule has 0 saturated carbocycles. The van der Waals surface area contributed by atoms with Crippen molar-refractivity contribution in [3.8, 4) is 0 Å². The van der Waals surface area contributed by atoms with E-state index in [2.05, 4.69) is 6.58 Å². The fourth-order valence-electron chi connectivity index (χ4n) is 2.64. The molecule has 1 heterocycles. The number of aliphatic hydroxyl groups excluding tert-OH is 1. The van der Waals surface area contributed by atoms with Crippen LogP contribution in [0.25, 0.3) is 0 Å². The lowest BCUT2D eigenvalue weighted by molar-refractivity contribution is -0.155. The first-order valence-corrected chi connectivity index (χ1v) is 8.22. The molecule has 1 unspecified atom stereocenters. The van der Waals surface area contributed by atoms with E-state index < -0.39 is 29.3 Å². The predicted octanol–water partition coefficient (Wildman–Crippen LogP) is 2.48. The number of alkyl halides is 1. The van der Waals surface area contributed by atoms with E-state index in [4.69, 9.17) is 21.1 Å². The summed E-state index contributed by atoms with van der Waals surface area (Å²) in [5.41, 5.74) is -1.62. The summed E-state index contributed by atoms with van der Waals surface area (Å²) in [6, 6.07) is 0. The largest absolute Gasteiger partial charge is 0.464 e. The molecule has 0 aromatic carbocycles. The normalized spacial score (nSPS) is 22.9. The number of rotatable bonds is 5. The Balaban J connectivity index is 3.22. The molecule has 6 nitrogen and oxygen atoms in total. The fraction of sp³-hybridized carbons (Fsp3) is 0.750. The lowest BCUT2D eigenvalue weighted by Crippen LogP contribution is -2.57. The van der Waals surface area contributed by atoms with Gasteiger partial charge in [0.2, 0.25) is 0 Å². The fourth-order valence-corrected chi connectivity index (χ4v) is 2.75. The first-order chi connectivity index (χ1) is 10.6. The van der Waals surface area contributed by atoms with E-state index in [0.717, 1.165) is 0 Å². The van der Waals surface area contributed by atoms with E-state index >= 15 is 0 Å². The Kier molecular flexibility index (Phi) is 6.48. The van der Waals surface area contributed by atoms with Gasteiger partial charge in [0.25, 0.3) is 0 Å². The number of amides is 1. The van der Waals surface area contributed by atoms with Crippen LogP contribution in [-0.4, -0.2) is 58.3 Å². The third-order valence-corrected chi connectivity index (χ3v) is 3.98. The van der Waals surface area contributed by atoms with Crippen molar-refractivity contribution in [3.63, 3.8) is 0 Å². The zero-order valence-electron chi connectivity index (χ0n) is 14.2. The zero-order valence-corrected chi connectivity index (χ0v) is 15.0. The van der Waals surface area contributed by atoms with Gasteiger partial charge in [-0.15, -0.1) is 11.6 Å². The average Bonchev–Trinajstić information content (AvgIpc) is 2.75. The molecule has 0 aliphatic carbocycles. The van der Waals surface area contributed by atoms with Gasteiger partial charge in [0, 0.05) is 18.8 Å². The van der Waals surface area contributed by atoms with E-state index in [-0.39, 0.29) is 25.5 Å². The van der Waals surface area contributed by atoms with Gasteiger partial charge >= 0.3 is 12.1 Å². The van der Waals surface area contributed by atoms with Gasteiger partial charge in [-0.2, -0.15) is 0 Å². The summed E-state index contributed by atoms with van der Waals surface area (Å²) >= 11 is 5.69. The first kappa shape index (κ1) is 19.8. The number of carbonyl (C=O) groups is 2. The third-order valence-electron chi connectivity index (χ3n) is 3.62. The van der Waals surface area contributed by atoms with Crippen LogP contribution in [0, 0.1) is 0 Å². The number of ether oxygens (including phenoxy) is 2. The molecular weight excluding hydrogens is 322 g/mol. The minimum absolute atomic E-state index is 0.0589. The molecule has 1 aliphatic rings. The Hall–Kier alpha value is -1.27. The molecule has 1 N–H and O–H groups in total. The number of halogens is 1. The highest BCUT2D eigenvalue weighted by atomic mass is 35.5. The van der Waals surface area contributed by atoms with Crippen LogP contribution >= 0.6 is 11.6 Å². The van der Waals surface area contributed by atoms with Gasteiger partial charge < -0.3 is 14.6 Å². The molecule has 0 aromatic rings. The standard InChI is InChI=1S/C16H26ClNO5/c1-6-22-13(20)16(9-12(19)10-17)11(2)7-8-18(16)14(21)23-15(3,4)5/h12,19H,2,6-10H2,1,3-5H3/t12-,16?/m1/s1. The smallest absolute Gasteiger partial charge is 0.411 e. The molecule has 132 valence electrons. The van der Waals surface area contributed by atoms with E-state index in [0.29, 0.717) is 12.0 Å². The van der Waals surface area contributed by atoms with Crippen LogP contribution in [0.5, 0.6) is 0 Å². The van der Waals surface area contributed by atoms with Gasteiger partial charge in [0.05, 0.1) is 12.7 Å². The highest BCUT2D eigenvalue weighted by molar-refractivity contribution is 6.18. The number of hydrogen-bond donors (Lipinski definition) is 1. The number of hydrogen-bond acceptors (Lipinski definition) is 5. The minimum Gasteiger partial charge on any atom is -0.464 e. The van der Waals surface area contributed by atoms with Crippen LogP contribution in [-0.2, 0) is 14.3 Å². The van der Waals surface area contributed by atoms with E-state index in [9.17, 15) is 14.7 Å². The molecule has 0 spiro atoms. The molecule has 1 amide bonds. The quantitative estimate of drug-likeness (QED) is 0.469. The molecule has 1 aliphatic heterocycles. The van der Waals surface area contributed by atoms with E-state index in [1.807, 2.05) is 0 Å². The maximum Gasteiger partial charge on any atom is 0.411 e. The van der Waals surface area contributed by atoms with Crippen molar-refractivity contribution in [3.05, 3.63) is 12.2 Å². The molecular formula is C16H26ClNO5. The van der Waals surface area contributed by atoms with Crippen molar-refractivity contribution in [1.29, 1.82) is 0 Å². The summed E-state index contributed by atoms with van der Waals surface area (Å²) in [6.45, 7) is 11.3. The van der Waals surface area contributed by atoms with Crippen LogP contribution in [0.3, 0.4) is 0 Å². The number of carbonyl (C=O) groups excluding carboxylic acids is 2. The third kappa shape index (κ3) is 4.38. The van der Waals surface area contributed by atoms with Crippen LogP contribution in [0.15, 0.2) is 12.2 Å². The van der Waals surface area contributed by atoms with Gasteiger partial charge in [-0.3, -0.25) is 4.90 Å². The van der Waals surface area contributed by atoms with Gasteiger partial charge in [0.15, 0.2) is 5.54 Å². The summed E-state index contributed by atoms with van der Waals surface area (Å²) in [7, 11) is 0. The Morgan fingerprint density at radius 3 is 2.57 bits per heavy atom. The van der Waals surface area contributed by atoms with Gasteiger partial charge in [-0.25, -0.2) is 9.59 Å². The van der Waals surface area contributed by atoms with Crippen molar-refractivity contribution < 1.29 is 24.2 Å². The zero-order chi connectivity index (χ0) is 17.8. The molecule has 23 heavy (non-hydrogen) atoms. The average molecular weight is 348 g/mol. The summed E-state index contributed by atoms with van der Waals surface area (Å²) in [5.74, 6) is -0.672. The maximum atomic E-state index is 12.6. The Bertz CT molecular complexity index is 474. The molecule has 0 radical (unpaired) electrons. The number of aliphatic hydroxyl groups is 1. The van der Waals surface area contributed by atoms with Gasteiger partial charge in [-0.1, -0.05) is 6.58 Å². The lowest BCUT2D eigenvalue weighted by atomic mass is 9.86. The summed E-state index contributed by atoms with van der Waals surface area (Å²) in [6.07, 6.45) is -1.23. The molecule has 1 saturated heterocycles.